The van der Waals surface area contributed by atoms with Crippen LogP contribution in [-0.4, -0.2) is 39.0 Å². The molecule has 18 heavy (non-hydrogen) atoms. The molecule has 1 aromatic rings. The van der Waals surface area contributed by atoms with E-state index in [0.717, 1.165) is 6.54 Å². The lowest BCUT2D eigenvalue weighted by molar-refractivity contribution is -0.856. The maximum atomic E-state index is 11.6. The van der Waals surface area contributed by atoms with Crippen molar-refractivity contribution < 1.29 is 14.5 Å². The predicted molar refractivity (Wildman–Crippen MR) is 70.8 cm³/mol. The number of benzene rings is 1. The second-order valence-corrected chi connectivity index (χ2v) is 4.55. The highest BCUT2D eigenvalue weighted by atomic mass is 35.5. The average molecular weight is 271 g/mol. The molecule has 1 aromatic carbocycles. The quantitative estimate of drug-likeness (QED) is 0.649. The predicted octanol–water partition coefficient (Wildman–Crippen LogP) is -0.461. The highest BCUT2D eigenvalue weighted by Crippen LogP contribution is 2.19. The van der Waals surface area contributed by atoms with Gasteiger partial charge < -0.3 is 15.5 Å². The lowest BCUT2D eigenvalue weighted by Gasteiger charge is -2.09. The van der Waals surface area contributed by atoms with E-state index in [-0.39, 0.29) is 0 Å². The van der Waals surface area contributed by atoms with Gasteiger partial charge in [-0.1, -0.05) is 23.7 Å². The highest BCUT2D eigenvalue weighted by molar-refractivity contribution is 6.41. The molecular formula is C12H17ClN3O2+. The number of para-hydroxylation sites is 1. The van der Waals surface area contributed by atoms with E-state index in [0.29, 0.717) is 17.3 Å². The molecule has 0 aromatic heterocycles. The Morgan fingerprint density at radius 1 is 1.22 bits per heavy atom. The zero-order valence-corrected chi connectivity index (χ0v) is 11.2. The Kier molecular flexibility index (Phi) is 5.61. The highest BCUT2D eigenvalue weighted by Gasteiger charge is 2.14. The Labute approximate surface area is 111 Å². The number of rotatable bonds is 4. The van der Waals surface area contributed by atoms with Crippen molar-refractivity contribution in [3.05, 3.63) is 29.3 Å². The minimum Gasteiger partial charge on any atom is -0.342 e. The van der Waals surface area contributed by atoms with Gasteiger partial charge in [-0.2, -0.15) is 0 Å². The van der Waals surface area contributed by atoms with Crippen LogP contribution in [-0.2, 0) is 9.59 Å². The van der Waals surface area contributed by atoms with Gasteiger partial charge in [0, 0.05) is 0 Å². The Morgan fingerprint density at radius 3 is 2.50 bits per heavy atom. The van der Waals surface area contributed by atoms with E-state index in [2.05, 4.69) is 10.6 Å². The average Bonchev–Trinajstić information content (AvgIpc) is 2.31. The van der Waals surface area contributed by atoms with E-state index in [1.165, 1.54) is 4.90 Å². The van der Waals surface area contributed by atoms with Gasteiger partial charge in [0.2, 0.25) is 0 Å². The molecule has 0 saturated heterocycles. The van der Waals surface area contributed by atoms with Crippen molar-refractivity contribution in [1.29, 1.82) is 0 Å². The van der Waals surface area contributed by atoms with Gasteiger partial charge in [-0.25, -0.2) is 0 Å². The summed E-state index contributed by atoms with van der Waals surface area (Å²) in [4.78, 5) is 24.2. The molecule has 0 bridgehead atoms. The fourth-order valence-corrected chi connectivity index (χ4v) is 1.43. The molecular weight excluding hydrogens is 254 g/mol. The second kappa shape index (κ2) is 6.98. The summed E-state index contributed by atoms with van der Waals surface area (Å²) in [5.74, 6) is -1.37. The smallest absolute Gasteiger partial charge is 0.313 e. The molecule has 5 nitrogen and oxygen atoms in total. The molecule has 6 heteroatoms. The van der Waals surface area contributed by atoms with Gasteiger partial charge in [0.05, 0.1) is 37.9 Å². The summed E-state index contributed by atoms with van der Waals surface area (Å²) in [6, 6.07) is 6.76. The molecule has 0 saturated carbocycles. The van der Waals surface area contributed by atoms with E-state index in [1.807, 2.05) is 14.1 Å². The number of hydrogen-bond acceptors (Lipinski definition) is 2. The summed E-state index contributed by atoms with van der Waals surface area (Å²) in [5, 5.41) is 5.40. The van der Waals surface area contributed by atoms with Crippen LogP contribution < -0.4 is 15.5 Å². The standard InChI is InChI=1S/C12H16ClN3O2/c1-16(2)8-7-14-11(17)12(18)15-10-6-4-3-5-9(10)13/h3-6H,7-8H2,1-2H3,(H,14,17)(H,15,18)/p+1. The van der Waals surface area contributed by atoms with Crippen molar-refractivity contribution in [3.63, 3.8) is 0 Å². The number of nitrogens with one attached hydrogen (secondary N) is 3. The molecule has 2 amide bonds. The van der Waals surface area contributed by atoms with E-state index in [4.69, 9.17) is 11.6 Å². The SMILES string of the molecule is C[NH+](C)CCNC(=O)C(=O)Nc1ccccc1Cl. The Bertz CT molecular complexity index is 435. The van der Waals surface area contributed by atoms with Crippen molar-refractivity contribution >= 4 is 29.1 Å². The van der Waals surface area contributed by atoms with Crippen molar-refractivity contribution in [2.45, 2.75) is 0 Å². The van der Waals surface area contributed by atoms with Crippen molar-refractivity contribution in [2.75, 3.05) is 32.5 Å². The number of hydrogen-bond donors (Lipinski definition) is 3. The molecule has 0 fully saturated rings. The van der Waals surface area contributed by atoms with Gasteiger partial charge in [0.1, 0.15) is 0 Å². The largest absolute Gasteiger partial charge is 0.342 e. The normalized spacial score (nSPS) is 10.2. The van der Waals surface area contributed by atoms with E-state index >= 15 is 0 Å². The zero-order valence-electron chi connectivity index (χ0n) is 10.4. The van der Waals surface area contributed by atoms with Gasteiger partial charge in [0.25, 0.3) is 0 Å². The maximum absolute atomic E-state index is 11.6. The molecule has 3 N–H and O–H groups in total. The maximum Gasteiger partial charge on any atom is 0.313 e. The first-order chi connectivity index (χ1) is 8.50. The zero-order chi connectivity index (χ0) is 13.5. The van der Waals surface area contributed by atoms with Crippen LogP contribution in [0.1, 0.15) is 0 Å². The second-order valence-electron chi connectivity index (χ2n) is 4.15. The minimum absolute atomic E-state index is 0.399. The van der Waals surface area contributed by atoms with Gasteiger partial charge in [-0.15, -0.1) is 0 Å². The molecule has 0 aliphatic rings. The van der Waals surface area contributed by atoms with Crippen LogP contribution in [0.4, 0.5) is 5.69 Å². The molecule has 98 valence electrons. The Hall–Kier alpha value is -1.59. The summed E-state index contributed by atoms with van der Waals surface area (Å²) >= 11 is 5.87. The molecule has 0 aliphatic carbocycles. The van der Waals surface area contributed by atoms with E-state index < -0.39 is 11.8 Å². The topological polar surface area (TPSA) is 62.6 Å². The third-order valence-electron chi connectivity index (χ3n) is 2.24. The van der Waals surface area contributed by atoms with Crippen LogP contribution >= 0.6 is 11.6 Å². The summed E-state index contributed by atoms with van der Waals surface area (Å²) < 4.78 is 0. The first-order valence-corrected chi connectivity index (χ1v) is 6.01. The molecule has 0 spiro atoms. The fourth-order valence-electron chi connectivity index (χ4n) is 1.25. The van der Waals surface area contributed by atoms with Crippen molar-refractivity contribution in [1.82, 2.24) is 5.32 Å². The number of likely N-dealkylation sites (N-methyl/N-ethyl adjacent to an activating group) is 1. The lowest BCUT2D eigenvalue weighted by atomic mass is 10.3. The minimum atomic E-state index is -0.711. The summed E-state index contributed by atoms with van der Waals surface area (Å²) in [5.41, 5.74) is 0.428. The van der Waals surface area contributed by atoms with Crippen LogP contribution in [0.25, 0.3) is 0 Å². The summed E-state index contributed by atoms with van der Waals surface area (Å²) in [6.07, 6.45) is 0. The third-order valence-corrected chi connectivity index (χ3v) is 2.57. The molecule has 0 aliphatic heterocycles. The van der Waals surface area contributed by atoms with Gasteiger partial charge in [-0.3, -0.25) is 9.59 Å². The Balaban J connectivity index is 2.46. The van der Waals surface area contributed by atoms with Crippen LogP contribution in [0, 0.1) is 0 Å². The van der Waals surface area contributed by atoms with Crippen LogP contribution in [0.2, 0.25) is 5.02 Å². The van der Waals surface area contributed by atoms with Crippen molar-refractivity contribution in [3.8, 4) is 0 Å². The van der Waals surface area contributed by atoms with E-state index in [1.54, 1.807) is 24.3 Å². The molecule has 0 unspecified atom stereocenters. The number of amides is 2. The molecule has 0 atom stereocenters. The fraction of sp³-hybridized carbons (Fsp3) is 0.333. The first kappa shape index (κ1) is 14.5. The molecule has 1 rings (SSSR count). The van der Waals surface area contributed by atoms with Crippen molar-refractivity contribution in [2.24, 2.45) is 0 Å². The number of halogens is 1. The molecule has 0 radical (unpaired) electrons. The number of quaternary nitrogens is 1. The van der Waals surface area contributed by atoms with Gasteiger partial charge >= 0.3 is 11.8 Å². The van der Waals surface area contributed by atoms with Crippen LogP contribution in [0.3, 0.4) is 0 Å². The Morgan fingerprint density at radius 2 is 1.89 bits per heavy atom. The lowest BCUT2D eigenvalue weighted by Crippen LogP contribution is -3.06. The monoisotopic (exact) mass is 270 g/mol. The number of anilines is 1. The number of carbonyl (C=O) groups is 2. The van der Waals surface area contributed by atoms with E-state index in [9.17, 15) is 9.59 Å². The van der Waals surface area contributed by atoms with Gasteiger partial charge in [0.15, 0.2) is 0 Å². The third kappa shape index (κ3) is 4.73. The summed E-state index contributed by atoms with van der Waals surface area (Å²) in [6.45, 7) is 1.21. The van der Waals surface area contributed by atoms with Crippen LogP contribution in [0.15, 0.2) is 24.3 Å². The van der Waals surface area contributed by atoms with Gasteiger partial charge in [-0.05, 0) is 12.1 Å². The molecule has 0 heterocycles. The van der Waals surface area contributed by atoms with Crippen LogP contribution in [0.5, 0.6) is 0 Å². The first-order valence-electron chi connectivity index (χ1n) is 5.63. The number of carbonyl (C=O) groups excluding carboxylic acids is 2. The summed E-state index contributed by atoms with van der Waals surface area (Å²) in [7, 11) is 3.94.